The molecule has 206 valence electrons. The van der Waals surface area contributed by atoms with Crippen LogP contribution in [-0.2, 0) is 3.07 Å². The van der Waals surface area contributed by atoms with Crippen LogP contribution in [0.25, 0.3) is 0 Å². The monoisotopic (exact) mass is 588 g/mol. The molecule has 0 spiro atoms. The van der Waals surface area contributed by atoms with E-state index in [1.54, 1.807) is 0 Å². The minimum absolute atomic E-state index is 0.815. The van der Waals surface area contributed by atoms with Gasteiger partial charge in [0.25, 0.3) is 0 Å². The zero-order valence-corrected chi connectivity index (χ0v) is 27.7. The third kappa shape index (κ3) is 20.9. The first-order valence-electron chi connectivity index (χ1n) is 16.3. The zero-order valence-electron chi connectivity index (χ0n) is 24.9. The second kappa shape index (κ2) is 26.8. The van der Waals surface area contributed by atoms with Gasteiger partial charge in [-0.1, -0.05) is 0 Å². The predicted molar refractivity (Wildman–Crippen MR) is 160 cm³/mol. The Balaban J connectivity index is 5.00. The van der Waals surface area contributed by atoms with Gasteiger partial charge in [-0.15, -0.1) is 0 Å². The van der Waals surface area contributed by atoms with Crippen LogP contribution in [0.5, 0.6) is 0 Å². The topological polar surface area (TPSA) is 9.23 Å². The van der Waals surface area contributed by atoms with E-state index in [4.69, 9.17) is 3.07 Å². The molecule has 0 aromatic heterocycles. The molecule has 0 N–H and O–H groups in total. The van der Waals surface area contributed by atoms with Crippen molar-refractivity contribution in [1.82, 2.24) is 0 Å². The summed E-state index contributed by atoms with van der Waals surface area (Å²) in [6.07, 6.45) is 31.3. The van der Waals surface area contributed by atoms with Crippen molar-refractivity contribution in [2.24, 2.45) is 5.92 Å². The van der Waals surface area contributed by atoms with Crippen molar-refractivity contribution < 1.29 is 3.07 Å². The van der Waals surface area contributed by atoms with Crippen LogP contribution in [0.2, 0.25) is 13.3 Å². The molecule has 0 aliphatic heterocycles. The van der Waals surface area contributed by atoms with Crippen molar-refractivity contribution in [3.05, 3.63) is 0 Å². The molecule has 1 nitrogen and oxygen atoms in total. The number of hydrogen-bond acceptors (Lipinski definition) is 1. The van der Waals surface area contributed by atoms with Crippen molar-refractivity contribution in [2.45, 2.75) is 189 Å². The number of hydrogen-bond donors (Lipinski definition) is 0. The van der Waals surface area contributed by atoms with Crippen molar-refractivity contribution in [1.29, 1.82) is 0 Å². The quantitative estimate of drug-likeness (QED) is 0.0654. The fourth-order valence-electron chi connectivity index (χ4n) is 5.47. The average Bonchev–Trinajstić information content (AvgIpc) is 2.85. The molecular weight excluding hydrogens is 519 g/mol. The molecule has 0 bridgehead atoms. The van der Waals surface area contributed by atoms with Gasteiger partial charge in [0.2, 0.25) is 0 Å². The Kier molecular flexibility index (Phi) is 27.4. The Morgan fingerprint density at radius 1 is 0.441 bits per heavy atom. The van der Waals surface area contributed by atoms with Crippen molar-refractivity contribution in [3.8, 4) is 0 Å². The molecule has 0 aromatic carbocycles. The van der Waals surface area contributed by atoms with Crippen LogP contribution in [0.1, 0.15) is 176 Å². The fraction of sp³-hybridized carbons (Fsp3) is 1.00. The van der Waals surface area contributed by atoms with E-state index < -0.39 is 18.8 Å². The molecule has 0 amide bonds. The summed E-state index contributed by atoms with van der Waals surface area (Å²) in [6, 6.07) is 0. The average molecular weight is 588 g/mol. The van der Waals surface area contributed by atoms with E-state index in [9.17, 15) is 0 Å². The first kappa shape index (κ1) is 34.8. The van der Waals surface area contributed by atoms with Gasteiger partial charge in [-0.3, -0.25) is 0 Å². The summed E-state index contributed by atoms with van der Waals surface area (Å²) >= 11 is -2.53. The van der Waals surface area contributed by atoms with Gasteiger partial charge in [0, 0.05) is 0 Å². The second-order valence-corrected chi connectivity index (χ2v) is 23.3. The van der Waals surface area contributed by atoms with Gasteiger partial charge in [0.1, 0.15) is 0 Å². The van der Waals surface area contributed by atoms with E-state index in [1.807, 2.05) is 0 Å². The molecule has 1 atom stereocenters. The molecular formula is C32H68OSn. The maximum atomic E-state index is 7.27. The Hall–Kier alpha value is 0.759. The van der Waals surface area contributed by atoms with Gasteiger partial charge < -0.3 is 0 Å². The molecule has 0 saturated carbocycles. The summed E-state index contributed by atoms with van der Waals surface area (Å²) in [6.45, 7) is 12.8. The molecule has 0 radical (unpaired) electrons. The Morgan fingerprint density at radius 2 is 0.794 bits per heavy atom. The molecule has 0 aromatic rings. The van der Waals surface area contributed by atoms with Gasteiger partial charge in [0.05, 0.1) is 0 Å². The van der Waals surface area contributed by atoms with Crippen LogP contribution in [-0.4, -0.2) is 25.4 Å². The predicted octanol–water partition coefficient (Wildman–Crippen LogP) is 12.2. The third-order valence-corrected chi connectivity index (χ3v) is 21.2. The van der Waals surface area contributed by atoms with Crippen molar-refractivity contribution in [2.75, 3.05) is 6.61 Å². The van der Waals surface area contributed by atoms with E-state index in [0.717, 1.165) is 12.5 Å². The van der Waals surface area contributed by atoms with Gasteiger partial charge in [-0.05, 0) is 0 Å². The molecule has 0 aliphatic carbocycles. The van der Waals surface area contributed by atoms with E-state index in [1.165, 1.54) is 155 Å². The van der Waals surface area contributed by atoms with Gasteiger partial charge in [-0.2, -0.15) is 0 Å². The summed E-state index contributed by atoms with van der Waals surface area (Å²) in [5.41, 5.74) is 0. The molecule has 0 aliphatic rings. The summed E-state index contributed by atoms with van der Waals surface area (Å²) in [4.78, 5) is 0. The summed E-state index contributed by atoms with van der Waals surface area (Å²) in [5.74, 6) is 0.815. The molecule has 0 heterocycles. The molecule has 0 fully saturated rings. The number of rotatable bonds is 28. The summed E-state index contributed by atoms with van der Waals surface area (Å²) in [5, 5.41) is 0. The Labute approximate surface area is 222 Å². The normalized spacial score (nSPS) is 13.0. The van der Waals surface area contributed by atoms with Gasteiger partial charge >= 0.3 is 224 Å². The Morgan fingerprint density at radius 3 is 1.15 bits per heavy atom. The molecule has 1 unspecified atom stereocenters. The molecule has 0 rings (SSSR count). The van der Waals surface area contributed by atoms with E-state index in [-0.39, 0.29) is 0 Å². The Bertz CT molecular complexity index is 342. The van der Waals surface area contributed by atoms with Crippen LogP contribution < -0.4 is 0 Å². The van der Waals surface area contributed by atoms with Gasteiger partial charge in [0.15, 0.2) is 0 Å². The van der Waals surface area contributed by atoms with E-state index in [2.05, 4.69) is 34.6 Å². The van der Waals surface area contributed by atoms with Crippen LogP contribution in [0, 0.1) is 5.92 Å². The van der Waals surface area contributed by atoms with Gasteiger partial charge in [-0.25, -0.2) is 0 Å². The SMILES string of the molecule is CCCCCCC[CH2][Sn]([CH2]CCCCCCC)([CH2]CCCCCCC)[O]CC(CC)CCCC. The van der Waals surface area contributed by atoms with E-state index in [0.29, 0.717) is 0 Å². The van der Waals surface area contributed by atoms with Crippen molar-refractivity contribution >= 4 is 18.8 Å². The second-order valence-electron chi connectivity index (χ2n) is 11.5. The van der Waals surface area contributed by atoms with Crippen LogP contribution in [0.4, 0.5) is 0 Å². The maximum absolute atomic E-state index is 7.27. The summed E-state index contributed by atoms with van der Waals surface area (Å²) in [7, 11) is 0. The third-order valence-electron chi connectivity index (χ3n) is 8.13. The van der Waals surface area contributed by atoms with Crippen LogP contribution >= 0.6 is 0 Å². The summed E-state index contributed by atoms with van der Waals surface area (Å²) < 4.78 is 11.8. The number of unbranched alkanes of at least 4 members (excludes halogenated alkanes) is 16. The fourth-order valence-corrected chi connectivity index (χ4v) is 18.2. The first-order valence-corrected chi connectivity index (χ1v) is 23.5. The van der Waals surface area contributed by atoms with Crippen molar-refractivity contribution in [3.63, 3.8) is 0 Å². The van der Waals surface area contributed by atoms with Crippen LogP contribution in [0.3, 0.4) is 0 Å². The zero-order chi connectivity index (χ0) is 25.2. The van der Waals surface area contributed by atoms with Crippen LogP contribution in [0.15, 0.2) is 0 Å². The first-order chi connectivity index (χ1) is 16.7. The van der Waals surface area contributed by atoms with E-state index >= 15 is 0 Å². The molecule has 34 heavy (non-hydrogen) atoms. The molecule has 2 heteroatoms. The standard InChI is InChI=1S/C8H17O.3C8H17.Sn/c1-3-5-6-8(4-2)7-9;3*1-3-5-7-8-6-4-2;/h8H,3-7H2,1-2H3;3*1,3-8H2,2H3;/q-1;;;;+1. The molecule has 0 saturated heterocycles. The minimum atomic E-state index is -2.53.